The second kappa shape index (κ2) is 4.16. The minimum absolute atomic E-state index is 0.155. The maximum absolute atomic E-state index is 12.3. The van der Waals surface area contributed by atoms with Gasteiger partial charge in [-0.1, -0.05) is 30.3 Å². The summed E-state index contributed by atoms with van der Waals surface area (Å²) in [7, 11) is 0. The minimum atomic E-state index is -1.29. The molecule has 106 valence electrons. The molecular formula is C17H14O4. The molecule has 3 aromatic rings. The summed E-state index contributed by atoms with van der Waals surface area (Å²) in [4.78, 5) is 12.3. The maximum Gasteiger partial charge on any atom is 0.193 e. The second-order valence-electron chi connectivity index (χ2n) is 5.61. The van der Waals surface area contributed by atoms with Crippen molar-refractivity contribution in [2.24, 2.45) is 0 Å². The number of hydrogen-bond donors (Lipinski definition) is 1. The average Bonchev–Trinajstić information content (AvgIpc) is 3.32. The van der Waals surface area contributed by atoms with Crippen molar-refractivity contribution in [1.82, 2.24) is 0 Å². The maximum atomic E-state index is 12.3. The molecule has 0 aliphatic carbocycles. The number of epoxide rings is 1. The lowest BCUT2D eigenvalue weighted by molar-refractivity contribution is 0.00613. The molecule has 4 heteroatoms. The van der Waals surface area contributed by atoms with E-state index in [0.29, 0.717) is 17.6 Å². The third kappa shape index (κ3) is 1.87. The fourth-order valence-electron chi connectivity index (χ4n) is 2.66. The second-order valence-corrected chi connectivity index (χ2v) is 5.61. The first-order valence-electron chi connectivity index (χ1n) is 6.87. The van der Waals surface area contributed by atoms with Gasteiger partial charge in [-0.25, -0.2) is 0 Å². The van der Waals surface area contributed by atoms with Gasteiger partial charge < -0.3 is 14.3 Å². The number of aliphatic hydroxyl groups is 1. The fraction of sp³-hybridized carbons (Fsp3) is 0.235. The highest BCUT2D eigenvalue weighted by Gasteiger charge is 2.45. The molecule has 1 fully saturated rings. The van der Waals surface area contributed by atoms with E-state index in [1.165, 1.54) is 6.07 Å². The van der Waals surface area contributed by atoms with E-state index < -0.39 is 5.60 Å². The lowest BCUT2D eigenvalue weighted by Gasteiger charge is -2.20. The molecule has 2 heterocycles. The van der Waals surface area contributed by atoms with Gasteiger partial charge in [0.05, 0.1) is 12.0 Å². The quantitative estimate of drug-likeness (QED) is 0.579. The zero-order valence-corrected chi connectivity index (χ0v) is 11.5. The normalized spacial score (nSPS) is 20.6. The Morgan fingerprint density at radius 1 is 1.19 bits per heavy atom. The van der Waals surface area contributed by atoms with Crippen molar-refractivity contribution in [2.45, 2.75) is 18.6 Å². The summed E-state index contributed by atoms with van der Waals surface area (Å²) < 4.78 is 11.0. The van der Waals surface area contributed by atoms with Gasteiger partial charge >= 0.3 is 0 Å². The zero-order chi connectivity index (χ0) is 14.6. The zero-order valence-electron chi connectivity index (χ0n) is 11.5. The van der Waals surface area contributed by atoms with Gasteiger partial charge in [0, 0.05) is 11.5 Å². The Labute approximate surface area is 120 Å². The van der Waals surface area contributed by atoms with Gasteiger partial charge in [0.15, 0.2) is 5.43 Å². The summed E-state index contributed by atoms with van der Waals surface area (Å²) in [5, 5.41) is 12.9. The van der Waals surface area contributed by atoms with Gasteiger partial charge in [0.25, 0.3) is 0 Å². The van der Waals surface area contributed by atoms with Crippen LogP contribution in [0.2, 0.25) is 0 Å². The van der Waals surface area contributed by atoms with Gasteiger partial charge in [0.2, 0.25) is 0 Å². The Hall–Kier alpha value is -2.17. The SMILES string of the molecule is C[C@@](O)(c1cc(=O)c2ccc3ccccc3c2o1)[C@H]1CO1. The van der Waals surface area contributed by atoms with E-state index >= 15 is 0 Å². The van der Waals surface area contributed by atoms with Crippen LogP contribution in [0, 0.1) is 0 Å². The molecule has 0 saturated carbocycles. The van der Waals surface area contributed by atoms with Gasteiger partial charge in [-0.15, -0.1) is 0 Å². The third-order valence-electron chi connectivity index (χ3n) is 4.08. The van der Waals surface area contributed by atoms with Crippen molar-refractivity contribution in [3.8, 4) is 0 Å². The van der Waals surface area contributed by atoms with E-state index in [1.54, 1.807) is 13.0 Å². The molecule has 4 rings (SSSR count). The molecule has 1 aliphatic heterocycles. The van der Waals surface area contributed by atoms with Gasteiger partial charge in [-0.2, -0.15) is 0 Å². The number of fused-ring (bicyclic) bond motifs is 3. The molecule has 2 atom stereocenters. The molecule has 0 radical (unpaired) electrons. The largest absolute Gasteiger partial charge is 0.457 e. The average molecular weight is 282 g/mol. The van der Waals surface area contributed by atoms with Gasteiger partial charge in [0.1, 0.15) is 23.0 Å². The highest BCUT2D eigenvalue weighted by Crippen LogP contribution is 2.35. The smallest absolute Gasteiger partial charge is 0.193 e. The first kappa shape index (κ1) is 12.6. The molecule has 2 aromatic carbocycles. The first-order chi connectivity index (χ1) is 10.1. The molecule has 0 amide bonds. The van der Waals surface area contributed by atoms with Crippen molar-refractivity contribution in [3.63, 3.8) is 0 Å². The van der Waals surface area contributed by atoms with Crippen LogP contribution in [0.15, 0.2) is 51.7 Å². The Morgan fingerprint density at radius 3 is 2.71 bits per heavy atom. The first-order valence-corrected chi connectivity index (χ1v) is 6.87. The predicted octanol–water partition coefficient (Wildman–Crippen LogP) is 2.55. The fourth-order valence-corrected chi connectivity index (χ4v) is 2.66. The molecule has 0 bridgehead atoms. The summed E-state index contributed by atoms with van der Waals surface area (Å²) in [6, 6.07) is 12.7. The van der Waals surface area contributed by atoms with Crippen LogP contribution >= 0.6 is 0 Å². The van der Waals surface area contributed by atoms with E-state index in [0.717, 1.165) is 10.8 Å². The molecular weight excluding hydrogens is 268 g/mol. The van der Waals surface area contributed by atoms with E-state index in [9.17, 15) is 9.90 Å². The van der Waals surface area contributed by atoms with Crippen molar-refractivity contribution < 1.29 is 14.3 Å². The summed E-state index contributed by atoms with van der Waals surface area (Å²) in [6.07, 6.45) is -0.312. The third-order valence-corrected chi connectivity index (χ3v) is 4.08. The summed E-state index contributed by atoms with van der Waals surface area (Å²) >= 11 is 0. The van der Waals surface area contributed by atoms with Crippen LogP contribution < -0.4 is 5.43 Å². The molecule has 1 saturated heterocycles. The Bertz CT molecular complexity index is 903. The topological polar surface area (TPSA) is 63.0 Å². The van der Waals surface area contributed by atoms with Crippen molar-refractivity contribution >= 4 is 21.7 Å². The molecule has 21 heavy (non-hydrogen) atoms. The number of rotatable bonds is 2. The molecule has 0 spiro atoms. The molecule has 1 N–H and O–H groups in total. The van der Waals surface area contributed by atoms with Crippen LogP contribution in [-0.4, -0.2) is 17.8 Å². The lowest BCUT2D eigenvalue weighted by Crippen LogP contribution is -2.29. The summed E-state index contributed by atoms with van der Waals surface area (Å²) in [6.45, 7) is 2.09. The van der Waals surface area contributed by atoms with Crippen LogP contribution in [0.1, 0.15) is 12.7 Å². The summed E-state index contributed by atoms with van der Waals surface area (Å²) in [5.74, 6) is 0.249. The standard InChI is InChI=1S/C17H14O4/c1-17(19,15-9-20-15)14-8-13(18)12-7-6-10-4-2-3-5-11(10)16(12)21-14/h2-8,15,19H,9H2,1H3/t15-,17-/m1/s1. The lowest BCUT2D eigenvalue weighted by atomic mass is 9.98. The Kier molecular flexibility index (Phi) is 2.49. The molecule has 4 nitrogen and oxygen atoms in total. The predicted molar refractivity (Wildman–Crippen MR) is 79.3 cm³/mol. The van der Waals surface area contributed by atoms with Gasteiger partial charge in [-0.3, -0.25) is 4.79 Å². The van der Waals surface area contributed by atoms with E-state index in [4.69, 9.17) is 9.15 Å². The van der Waals surface area contributed by atoms with Crippen LogP contribution in [0.4, 0.5) is 0 Å². The Balaban J connectivity index is 2.07. The van der Waals surface area contributed by atoms with Crippen molar-refractivity contribution in [1.29, 1.82) is 0 Å². The molecule has 1 aliphatic rings. The molecule has 0 unspecified atom stereocenters. The van der Waals surface area contributed by atoms with Crippen LogP contribution in [0.5, 0.6) is 0 Å². The van der Waals surface area contributed by atoms with E-state index in [-0.39, 0.29) is 17.3 Å². The van der Waals surface area contributed by atoms with Crippen molar-refractivity contribution in [3.05, 3.63) is 58.4 Å². The number of ether oxygens (including phenoxy) is 1. The van der Waals surface area contributed by atoms with Crippen molar-refractivity contribution in [2.75, 3.05) is 6.61 Å². The molecule has 1 aromatic heterocycles. The van der Waals surface area contributed by atoms with Crippen LogP contribution in [-0.2, 0) is 10.3 Å². The van der Waals surface area contributed by atoms with Crippen LogP contribution in [0.3, 0.4) is 0 Å². The Morgan fingerprint density at radius 2 is 1.95 bits per heavy atom. The van der Waals surface area contributed by atoms with Crippen LogP contribution in [0.25, 0.3) is 21.7 Å². The summed E-state index contributed by atoms with van der Waals surface area (Å²) in [5.41, 5.74) is -0.931. The van der Waals surface area contributed by atoms with E-state index in [1.807, 2.05) is 30.3 Å². The number of benzene rings is 2. The number of hydrogen-bond acceptors (Lipinski definition) is 4. The highest BCUT2D eigenvalue weighted by atomic mass is 16.6. The minimum Gasteiger partial charge on any atom is -0.457 e. The van der Waals surface area contributed by atoms with E-state index in [2.05, 4.69) is 0 Å². The monoisotopic (exact) mass is 282 g/mol. The highest BCUT2D eigenvalue weighted by molar-refractivity contribution is 6.03. The van der Waals surface area contributed by atoms with Gasteiger partial charge in [-0.05, 0) is 18.4 Å².